The van der Waals surface area contributed by atoms with Gasteiger partial charge in [-0.1, -0.05) is 42.2 Å². The first-order valence-electron chi connectivity index (χ1n) is 7.45. The number of nitrogens with zero attached hydrogens (tertiary/aromatic N) is 2. The molecule has 1 aliphatic rings. The number of methoxy groups -OCH3 is 1. The van der Waals surface area contributed by atoms with Crippen molar-refractivity contribution in [3.8, 4) is 5.75 Å². The fourth-order valence-electron chi connectivity index (χ4n) is 2.34. The van der Waals surface area contributed by atoms with Crippen molar-refractivity contribution in [3.63, 3.8) is 0 Å². The number of rotatable bonds is 5. The minimum absolute atomic E-state index is 0.0395. The summed E-state index contributed by atoms with van der Waals surface area (Å²) in [4.78, 5) is 18.9. The Labute approximate surface area is 150 Å². The van der Waals surface area contributed by atoms with E-state index < -0.39 is 0 Å². The summed E-state index contributed by atoms with van der Waals surface area (Å²) in [6.07, 6.45) is 6.01. The number of ether oxygens (including phenoxy) is 1. The van der Waals surface area contributed by atoms with Gasteiger partial charge in [-0.15, -0.1) is 0 Å². The van der Waals surface area contributed by atoms with Crippen LogP contribution in [0.4, 0.5) is 0 Å². The van der Waals surface area contributed by atoms with E-state index in [2.05, 4.69) is 4.98 Å². The number of benzene rings is 1. The lowest BCUT2D eigenvalue weighted by Crippen LogP contribution is -2.30. The van der Waals surface area contributed by atoms with Gasteiger partial charge in [-0.2, -0.15) is 0 Å². The maximum atomic E-state index is 12.6. The van der Waals surface area contributed by atoms with E-state index in [1.165, 1.54) is 11.8 Å². The molecular weight excluding hydrogens is 340 g/mol. The van der Waals surface area contributed by atoms with E-state index in [-0.39, 0.29) is 5.91 Å². The highest BCUT2D eigenvalue weighted by molar-refractivity contribution is 8.26. The molecule has 4 nitrogen and oxygen atoms in total. The number of thioether (sulfide) groups is 1. The van der Waals surface area contributed by atoms with Gasteiger partial charge in [0.15, 0.2) is 0 Å². The van der Waals surface area contributed by atoms with Gasteiger partial charge >= 0.3 is 0 Å². The molecule has 0 unspecified atom stereocenters. The Morgan fingerprint density at radius 2 is 2.08 bits per heavy atom. The summed E-state index contributed by atoms with van der Waals surface area (Å²) < 4.78 is 5.75. The summed E-state index contributed by atoms with van der Waals surface area (Å²) in [5, 5.41) is 0. The fraction of sp³-hybridized carbons (Fsp3) is 0.167. The van der Waals surface area contributed by atoms with Gasteiger partial charge in [0.05, 0.1) is 12.0 Å². The summed E-state index contributed by atoms with van der Waals surface area (Å²) in [7, 11) is 1.64. The van der Waals surface area contributed by atoms with Gasteiger partial charge in [-0.3, -0.25) is 14.7 Å². The molecule has 0 saturated carbocycles. The van der Waals surface area contributed by atoms with Crippen molar-refractivity contribution >= 4 is 40.3 Å². The van der Waals surface area contributed by atoms with Gasteiger partial charge in [0, 0.05) is 18.9 Å². The van der Waals surface area contributed by atoms with E-state index in [0.29, 0.717) is 15.8 Å². The van der Waals surface area contributed by atoms with Crippen molar-refractivity contribution in [2.45, 2.75) is 6.42 Å². The number of pyridine rings is 1. The van der Waals surface area contributed by atoms with Crippen molar-refractivity contribution in [1.82, 2.24) is 9.88 Å². The summed E-state index contributed by atoms with van der Waals surface area (Å²) in [5.74, 6) is 0.783. The van der Waals surface area contributed by atoms with Crippen LogP contribution in [0.2, 0.25) is 0 Å². The van der Waals surface area contributed by atoms with E-state index in [9.17, 15) is 4.79 Å². The van der Waals surface area contributed by atoms with Crippen molar-refractivity contribution in [2.24, 2.45) is 0 Å². The zero-order chi connectivity index (χ0) is 16.9. The van der Waals surface area contributed by atoms with Gasteiger partial charge in [-0.25, -0.2) is 0 Å². The summed E-state index contributed by atoms with van der Waals surface area (Å²) in [5.41, 5.74) is 2.04. The van der Waals surface area contributed by atoms with Crippen LogP contribution in [-0.2, 0) is 11.2 Å². The maximum absolute atomic E-state index is 12.6. The molecule has 1 saturated heterocycles. The van der Waals surface area contributed by atoms with Crippen LogP contribution in [0.15, 0.2) is 53.7 Å². The first kappa shape index (κ1) is 16.7. The summed E-state index contributed by atoms with van der Waals surface area (Å²) >= 11 is 6.70. The number of carbonyl (C=O) groups is 1. The molecule has 2 heterocycles. The standard InChI is InChI=1S/C18H16N2O2S2/c1-22-15-6-4-13(5-7-15)8-10-20-17(21)16(24-18(20)23)11-14-3-2-9-19-12-14/h2-7,9,11-12H,8,10H2,1H3. The SMILES string of the molecule is COc1ccc(CCN2C(=O)C(=Cc3cccnc3)SC2=S)cc1. The summed E-state index contributed by atoms with van der Waals surface area (Å²) in [6, 6.07) is 11.6. The smallest absolute Gasteiger partial charge is 0.266 e. The molecule has 0 atom stereocenters. The second-order valence-corrected chi connectivity index (χ2v) is 6.89. The predicted molar refractivity (Wildman–Crippen MR) is 101 cm³/mol. The Morgan fingerprint density at radius 3 is 2.75 bits per heavy atom. The first-order chi connectivity index (χ1) is 11.7. The molecule has 0 radical (unpaired) electrons. The Kier molecular flexibility index (Phi) is 5.27. The largest absolute Gasteiger partial charge is 0.497 e. The molecule has 24 heavy (non-hydrogen) atoms. The highest BCUT2D eigenvalue weighted by Gasteiger charge is 2.31. The van der Waals surface area contributed by atoms with Crippen LogP contribution >= 0.6 is 24.0 Å². The fourth-order valence-corrected chi connectivity index (χ4v) is 3.65. The van der Waals surface area contributed by atoms with Crippen molar-refractivity contribution < 1.29 is 9.53 Å². The monoisotopic (exact) mass is 356 g/mol. The van der Waals surface area contributed by atoms with Gasteiger partial charge in [0.1, 0.15) is 10.1 Å². The first-order valence-corrected chi connectivity index (χ1v) is 8.68. The average Bonchev–Trinajstić information content (AvgIpc) is 2.88. The Hall–Kier alpha value is -2.18. The van der Waals surface area contributed by atoms with Crippen LogP contribution in [0, 0.1) is 0 Å². The lowest BCUT2D eigenvalue weighted by atomic mass is 10.1. The van der Waals surface area contributed by atoms with E-state index in [0.717, 1.165) is 23.3 Å². The molecule has 1 fully saturated rings. The van der Waals surface area contributed by atoms with Gasteiger partial charge in [-0.05, 0) is 41.8 Å². The molecule has 0 aliphatic carbocycles. The Bertz CT molecular complexity index is 773. The molecule has 0 spiro atoms. The van der Waals surface area contributed by atoms with Gasteiger partial charge in [0.25, 0.3) is 5.91 Å². The highest BCUT2D eigenvalue weighted by atomic mass is 32.2. The van der Waals surface area contributed by atoms with E-state index >= 15 is 0 Å². The molecule has 1 aromatic carbocycles. The lowest BCUT2D eigenvalue weighted by Gasteiger charge is -2.14. The van der Waals surface area contributed by atoms with Crippen molar-refractivity contribution in [3.05, 3.63) is 64.8 Å². The van der Waals surface area contributed by atoms with Crippen LogP contribution < -0.4 is 4.74 Å². The van der Waals surface area contributed by atoms with Crippen LogP contribution in [0.3, 0.4) is 0 Å². The van der Waals surface area contributed by atoms with Crippen molar-refractivity contribution in [1.29, 1.82) is 0 Å². The topological polar surface area (TPSA) is 42.4 Å². The number of amides is 1. The number of carbonyl (C=O) groups excluding carboxylic acids is 1. The van der Waals surface area contributed by atoms with Crippen LogP contribution in [0.1, 0.15) is 11.1 Å². The molecule has 1 aliphatic heterocycles. The minimum Gasteiger partial charge on any atom is -0.497 e. The van der Waals surface area contributed by atoms with Crippen LogP contribution in [-0.4, -0.2) is 33.8 Å². The van der Waals surface area contributed by atoms with Crippen LogP contribution in [0.25, 0.3) is 6.08 Å². The summed E-state index contributed by atoms with van der Waals surface area (Å²) in [6.45, 7) is 0.571. The maximum Gasteiger partial charge on any atom is 0.266 e. The van der Waals surface area contributed by atoms with Gasteiger partial charge in [0.2, 0.25) is 0 Å². The quantitative estimate of drug-likeness (QED) is 0.606. The number of hydrogen-bond donors (Lipinski definition) is 0. The zero-order valence-corrected chi connectivity index (χ0v) is 14.8. The number of hydrogen-bond acceptors (Lipinski definition) is 5. The molecule has 1 amide bonds. The molecule has 1 aromatic heterocycles. The molecule has 0 bridgehead atoms. The molecule has 2 aromatic rings. The molecule has 122 valence electrons. The normalized spacial score (nSPS) is 16.0. The molecule has 0 N–H and O–H groups in total. The molecule has 3 rings (SSSR count). The van der Waals surface area contributed by atoms with Gasteiger partial charge < -0.3 is 4.74 Å². The van der Waals surface area contributed by atoms with Crippen molar-refractivity contribution in [2.75, 3.05) is 13.7 Å². The average molecular weight is 356 g/mol. The Morgan fingerprint density at radius 1 is 1.29 bits per heavy atom. The van der Waals surface area contributed by atoms with E-state index in [4.69, 9.17) is 17.0 Å². The van der Waals surface area contributed by atoms with E-state index in [1.54, 1.807) is 24.4 Å². The minimum atomic E-state index is -0.0395. The second-order valence-electron chi connectivity index (χ2n) is 5.22. The third kappa shape index (κ3) is 3.83. The lowest BCUT2D eigenvalue weighted by molar-refractivity contribution is -0.122. The number of thiocarbonyl (C=S) groups is 1. The van der Waals surface area contributed by atoms with E-state index in [1.807, 2.05) is 42.5 Å². The van der Waals surface area contributed by atoms with Crippen LogP contribution in [0.5, 0.6) is 5.75 Å². The predicted octanol–water partition coefficient (Wildman–Crippen LogP) is 3.53. The third-order valence-corrected chi connectivity index (χ3v) is 5.02. The second kappa shape index (κ2) is 7.59. The molecule has 6 heteroatoms. The third-order valence-electron chi connectivity index (χ3n) is 3.64. The highest BCUT2D eigenvalue weighted by Crippen LogP contribution is 2.32. The number of aromatic nitrogens is 1. The Balaban J connectivity index is 1.67. The molecular formula is C18H16N2O2S2. The zero-order valence-electron chi connectivity index (χ0n) is 13.1.